The molecule has 23 heavy (non-hydrogen) atoms. The van der Waals surface area contributed by atoms with E-state index < -0.39 is 11.9 Å². The minimum Gasteiger partial charge on any atom is -0.481 e. The summed E-state index contributed by atoms with van der Waals surface area (Å²) in [6.07, 6.45) is 2.75. The van der Waals surface area contributed by atoms with Crippen molar-refractivity contribution in [2.24, 2.45) is 11.3 Å². The molecule has 3 unspecified atom stereocenters. The van der Waals surface area contributed by atoms with Gasteiger partial charge in [-0.3, -0.25) is 4.79 Å². The number of carboxylic acid groups (broad SMARTS) is 1. The lowest BCUT2D eigenvalue weighted by atomic mass is 9.57. The number of carboxylic acids is 1. The molecule has 2 amide bonds. The van der Waals surface area contributed by atoms with E-state index in [0.717, 1.165) is 19.3 Å². The molecule has 1 saturated heterocycles. The summed E-state index contributed by atoms with van der Waals surface area (Å²) in [7, 11) is 1.63. The molecular weight excluding hydrogens is 300 g/mol. The molecule has 2 fully saturated rings. The molecule has 1 aliphatic carbocycles. The van der Waals surface area contributed by atoms with E-state index in [9.17, 15) is 9.59 Å². The van der Waals surface area contributed by atoms with Gasteiger partial charge < -0.3 is 24.8 Å². The zero-order valence-electron chi connectivity index (χ0n) is 14.2. The third-order valence-electron chi connectivity index (χ3n) is 5.19. The van der Waals surface area contributed by atoms with Crippen LogP contribution >= 0.6 is 0 Å². The highest BCUT2D eigenvalue weighted by Gasteiger charge is 2.56. The van der Waals surface area contributed by atoms with Crippen LogP contribution in [0.3, 0.4) is 0 Å². The summed E-state index contributed by atoms with van der Waals surface area (Å²) >= 11 is 0. The van der Waals surface area contributed by atoms with Crippen molar-refractivity contribution in [2.75, 3.05) is 33.4 Å². The van der Waals surface area contributed by atoms with E-state index in [-0.39, 0.29) is 30.1 Å². The van der Waals surface area contributed by atoms with Crippen molar-refractivity contribution < 1.29 is 24.2 Å². The van der Waals surface area contributed by atoms with Crippen molar-refractivity contribution in [3.63, 3.8) is 0 Å². The van der Waals surface area contributed by atoms with E-state index in [1.807, 2.05) is 6.92 Å². The first-order chi connectivity index (χ1) is 10.9. The van der Waals surface area contributed by atoms with E-state index in [1.54, 1.807) is 14.0 Å². The maximum absolute atomic E-state index is 12.3. The number of ether oxygens (including phenoxy) is 2. The summed E-state index contributed by atoms with van der Waals surface area (Å²) in [5.41, 5.74) is -0.0385. The van der Waals surface area contributed by atoms with Crippen LogP contribution in [0.5, 0.6) is 0 Å². The van der Waals surface area contributed by atoms with Crippen molar-refractivity contribution in [1.29, 1.82) is 0 Å². The third kappa shape index (κ3) is 3.77. The second-order valence-corrected chi connectivity index (χ2v) is 6.65. The van der Waals surface area contributed by atoms with E-state index >= 15 is 0 Å². The fourth-order valence-electron chi connectivity index (χ4n) is 3.64. The smallest absolute Gasteiger partial charge is 0.317 e. The normalized spacial score (nSPS) is 27.1. The van der Waals surface area contributed by atoms with Crippen LogP contribution in [0.25, 0.3) is 0 Å². The SMILES string of the molecule is CCOC1CC(NC(=O)N(C)CC(C)C(=O)O)C12CCOCC2. The average Bonchev–Trinajstić information content (AvgIpc) is 2.54. The van der Waals surface area contributed by atoms with Gasteiger partial charge in [0.25, 0.3) is 0 Å². The molecule has 2 N–H and O–H groups in total. The molecular formula is C16H28N2O5. The molecule has 0 bridgehead atoms. The number of carbonyl (C=O) groups is 2. The number of nitrogens with one attached hydrogen (secondary N) is 1. The Morgan fingerprint density at radius 3 is 2.65 bits per heavy atom. The second-order valence-electron chi connectivity index (χ2n) is 6.65. The largest absolute Gasteiger partial charge is 0.481 e. The third-order valence-corrected chi connectivity index (χ3v) is 5.19. The van der Waals surface area contributed by atoms with E-state index in [2.05, 4.69) is 5.32 Å². The fraction of sp³-hybridized carbons (Fsp3) is 0.875. The summed E-state index contributed by atoms with van der Waals surface area (Å²) in [5, 5.41) is 12.0. The van der Waals surface area contributed by atoms with Crippen LogP contribution in [0.15, 0.2) is 0 Å². The van der Waals surface area contributed by atoms with Gasteiger partial charge in [-0.05, 0) is 26.2 Å². The zero-order valence-corrected chi connectivity index (χ0v) is 14.2. The first-order valence-corrected chi connectivity index (χ1v) is 8.34. The van der Waals surface area contributed by atoms with Crippen LogP contribution in [0.2, 0.25) is 0 Å². The average molecular weight is 328 g/mol. The summed E-state index contributed by atoms with van der Waals surface area (Å²) in [4.78, 5) is 24.7. The van der Waals surface area contributed by atoms with Gasteiger partial charge in [0, 0.05) is 44.9 Å². The number of hydrogen-bond acceptors (Lipinski definition) is 4. The Labute approximate surface area is 137 Å². The van der Waals surface area contributed by atoms with Crippen molar-refractivity contribution in [1.82, 2.24) is 10.2 Å². The van der Waals surface area contributed by atoms with Crippen molar-refractivity contribution in [3.8, 4) is 0 Å². The Balaban J connectivity index is 1.93. The molecule has 7 heteroatoms. The molecule has 3 atom stereocenters. The highest BCUT2D eigenvalue weighted by atomic mass is 16.5. The van der Waals surface area contributed by atoms with Crippen LogP contribution in [-0.4, -0.2) is 67.6 Å². The van der Waals surface area contributed by atoms with E-state index in [0.29, 0.717) is 19.8 Å². The number of urea groups is 1. The zero-order chi connectivity index (χ0) is 17.0. The van der Waals surface area contributed by atoms with Crippen LogP contribution in [0.1, 0.15) is 33.1 Å². The molecule has 0 radical (unpaired) electrons. The van der Waals surface area contributed by atoms with E-state index in [1.165, 1.54) is 4.90 Å². The molecule has 132 valence electrons. The predicted molar refractivity (Wildman–Crippen MR) is 84.3 cm³/mol. The minimum absolute atomic E-state index is 0.0385. The standard InChI is InChI=1S/C16H28N2O5/c1-4-23-13-9-12(16(13)5-7-22-8-6-16)17-15(21)18(3)10-11(2)14(19)20/h11-13H,4-10H2,1-3H3,(H,17,21)(H,19,20). The maximum Gasteiger partial charge on any atom is 0.317 e. The summed E-state index contributed by atoms with van der Waals surface area (Å²) in [6.45, 7) is 5.84. The Morgan fingerprint density at radius 1 is 1.43 bits per heavy atom. The summed E-state index contributed by atoms with van der Waals surface area (Å²) in [6, 6.07) is -0.151. The minimum atomic E-state index is -0.898. The molecule has 0 aromatic carbocycles. The highest BCUT2D eigenvalue weighted by Crippen LogP contribution is 2.50. The molecule has 7 nitrogen and oxygen atoms in total. The Morgan fingerprint density at radius 2 is 2.09 bits per heavy atom. The number of carbonyl (C=O) groups excluding carboxylic acids is 1. The number of aliphatic carboxylic acids is 1. The van der Waals surface area contributed by atoms with Crippen LogP contribution in [-0.2, 0) is 14.3 Å². The van der Waals surface area contributed by atoms with Gasteiger partial charge in [-0.1, -0.05) is 6.92 Å². The Kier molecular flexibility index (Phi) is 5.86. The van der Waals surface area contributed by atoms with Gasteiger partial charge in [-0.25, -0.2) is 4.79 Å². The van der Waals surface area contributed by atoms with Gasteiger partial charge in [0.1, 0.15) is 0 Å². The Hall–Kier alpha value is -1.34. The van der Waals surface area contributed by atoms with Gasteiger partial charge >= 0.3 is 12.0 Å². The van der Waals surface area contributed by atoms with E-state index in [4.69, 9.17) is 14.6 Å². The summed E-state index contributed by atoms with van der Waals surface area (Å²) < 4.78 is 11.3. The lowest BCUT2D eigenvalue weighted by Gasteiger charge is -2.57. The van der Waals surface area contributed by atoms with Crippen molar-refractivity contribution >= 4 is 12.0 Å². The topological polar surface area (TPSA) is 88.1 Å². The van der Waals surface area contributed by atoms with Gasteiger partial charge in [0.05, 0.1) is 12.0 Å². The predicted octanol–water partition coefficient (Wildman–Crippen LogP) is 1.32. The van der Waals surface area contributed by atoms with Crippen LogP contribution in [0, 0.1) is 11.3 Å². The molecule has 2 rings (SSSR count). The molecule has 1 heterocycles. The number of nitrogens with zero attached hydrogens (tertiary/aromatic N) is 1. The quantitative estimate of drug-likeness (QED) is 0.768. The number of amides is 2. The van der Waals surface area contributed by atoms with Gasteiger partial charge in [0.15, 0.2) is 0 Å². The molecule has 0 aromatic heterocycles. The lowest BCUT2D eigenvalue weighted by molar-refractivity contribution is -0.170. The highest BCUT2D eigenvalue weighted by molar-refractivity contribution is 5.76. The first kappa shape index (κ1) is 18.0. The second kappa shape index (κ2) is 7.49. The molecule has 1 saturated carbocycles. The Bertz CT molecular complexity index is 436. The molecule has 1 spiro atoms. The van der Waals surface area contributed by atoms with Crippen LogP contribution < -0.4 is 5.32 Å². The van der Waals surface area contributed by atoms with Gasteiger partial charge in [-0.15, -0.1) is 0 Å². The maximum atomic E-state index is 12.3. The monoisotopic (exact) mass is 328 g/mol. The van der Waals surface area contributed by atoms with Gasteiger partial charge in [-0.2, -0.15) is 0 Å². The molecule has 0 aromatic rings. The number of hydrogen-bond donors (Lipinski definition) is 2. The fourth-order valence-corrected chi connectivity index (χ4v) is 3.64. The molecule has 2 aliphatic rings. The summed E-state index contributed by atoms with van der Waals surface area (Å²) in [5.74, 6) is -1.48. The number of rotatable bonds is 6. The van der Waals surface area contributed by atoms with Gasteiger partial charge in [0.2, 0.25) is 0 Å². The van der Waals surface area contributed by atoms with Crippen molar-refractivity contribution in [2.45, 2.75) is 45.3 Å². The van der Waals surface area contributed by atoms with Crippen molar-refractivity contribution in [3.05, 3.63) is 0 Å². The molecule has 1 aliphatic heterocycles. The van der Waals surface area contributed by atoms with Crippen LogP contribution in [0.4, 0.5) is 4.79 Å². The lowest BCUT2D eigenvalue weighted by Crippen LogP contribution is -2.67. The first-order valence-electron chi connectivity index (χ1n) is 8.34.